The summed E-state index contributed by atoms with van der Waals surface area (Å²) in [7, 11) is 3.35. The van der Waals surface area contributed by atoms with E-state index in [1.54, 1.807) is 25.1 Å². The summed E-state index contributed by atoms with van der Waals surface area (Å²) < 4.78 is 12.1. The highest BCUT2D eigenvalue weighted by molar-refractivity contribution is 5.92. The molecule has 1 aromatic heterocycles. The molecule has 0 bridgehead atoms. The van der Waals surface area contributed by atoms with Gasteiger partial charge < -0.3 is 19.7 Å². The largest absolute Gasteiger partial charge is 0.383 e. The maximum atomic E-state index is 13.0. The molecule has 0 aromatic carbocycles. The topological polar surface area (TPSA) is 98.6 Å². The lowest BCUT2D eigenvalue weighted by atomic mass is 9.60. The molecule has 2 heterocycles. The fraction of sp³-hybridized carbons (Fsp3) is 0.778. The second-order valence-electron chi connectivity index (χ2n) is 7.85. The zero-order valence-electron chi connectivity index (χ0n) is 15.9. The van der Waals surface area contributed by atoms with Crippen molar-refractivity contribution in [1.82, 2.24) is 25.2 Å². The smallest absolute Gasteiger partial charge is 0.273 e. The molecule has 1 saturated heterocycles. The second kappa shape index (κ2) is 7.20. The lowest BCUT2D eigenvalue weighted by molar-refractivity contribution is -0.160. The van der Waals surface area contributed by atoms with Crippen LogP contribution in [0.25, 0.3) is 0 Å². The Kier molecular flexibility index (Phi) is 4.90. The highest BCUT2D eigenvalue weighted by Gasteiger charge is 2.61. The number of nitrogens with zero attached hydrogens (tertiary/aromatic N) is 4. The fourth-order valence-electron chi connectivity index (χ4n) is 4.77. The van der Waals surface area contributed by atoms with Gasteiger partial charge in [-0.05, 0) is 31.6 Å². The number of fused-ring (bicyclic) bond motifs is 1. The zero-order valence-corrected chi connectivity index (χ0v) is 15.9. The number of likely N-dealkylation sites (tertiary alicyclic amines) is 1. The van der Waals surface area contributed by atoms with Gasteiger partial charge in [-0.25, -0.2) is 4.68 Å². The van der Waals surface area contributed by atoms with Crippen LogP contribution >= 0.6 is 0 Å². The van der Waals surface area contributed by atoms with E-state index in [9.17, 15) is 9.59 Å². The maximum absolute atomic E-state index is 13.0. The minimum absolute atomic E-state index is 0.0277. The number of carbonyl (C=O) groups is 2. The number of hydrogen-bond acceptors (Lipinski definition) is 6. The van der Waals surface area contributed by atoms with E-state index in [4.69, 9.17) is 9.47 Å². The molecule has 2 saturated carbocycles. The van der Waals surface area contributed by atoms with E-state index >= 15 is 0 Å². The Hall–Kier alpha value is -2.00. The lowest BCUT2D eigenvalue weighted by Crippen LogP contribution is -2.65. The molecular weight excluding hydrogens is 350 g/mol. The number of nitrogens with one attached hydrogen (secondary N) is 1. The van der Waals surface area contributed by atoms with Crippen molar-refractivity contribution in [3.63, 3.8) is 0 Å². The van der Waals surface area contributed by atoms with E-state index in [1.165, 1.54) is 0 Å². The van der Waals surface area contributed by atoms with Crippen LogP contribution in [0.3, 0.4) is 0 Å². The van der Waals surface area contributed by atoms with Gasteiger partial charge in [-0.15, -0.1) is 5.10 Å². The van der Waals surface area contributed by atoms with Crippen molar-refractivity contribution < 1.29 is 19.1 Å². The Morgan fingerprint density at radius 2 is 2.07 bits per heavy atom. The Labute approximate surface area is 158 Å². The molecule has 9 nitrogen and oxygen atoms in total. The molecule has 0 radical (unpaired) electrons. The summed E-state index contributed by atoms with van der Waals surface area (Å²) in [6.45, 7) is 2.19. The van der Waals surface area contributed by atoms with Gasteiger partial charge in [0.1, 0.15) is 0 Å². The predicted molar refractivity (Wildman–Crippen MR) is 94.9 cm³/mol. The summed E-state index contributed by atoms with van der Waals surface area (Å²) in [6, 6.07) is -0.0277. The van der Waals surface area contributed by atoms with Crippen LogP contribution in [0.5, 0.6) is 0 Å². The highest BCUT2D eigenvalue weighted by atomic mass is 16.5. The van der Waals surface area contributed by atoms with Crippen molar-refractivity contribution in [2.24, 2.45) is 11.3 Å². The first kappa shape index (κ1) is 18.4. The van der Waals surface area contributed by atoms with Gasteiger partial charge in [-0.1, -0.05) is 5.21 Å². The van der Waals surface area contributed by atoms with Crippen molar-refractivity contribution in [3.8, 4) is 0 Å². The summed E-state index contributed by atoms with van der Waals surface area (Å²) in [4.78, 5) is 27.2. The Balaban J connectivity index is 1.27. The van der Waals surface area contributed by atoms with Crippen LogP contribution in [-0.4, -0.2) is 77.8 Å². The third kappa shape index (κ3) is 3.12. The number of amides is 2. The number of ether oxygens (including phenoxy) is 2. The number of aromatic nitrogens is 3. The molecule has 9 heteroatoms. The number of carbonyl (C=O) groups excluding carboxylic acids is 2. The molecule has 3 aliphatic rings. The van der Waals surface area contributed by atoms with E-state index in [2.05, 4.69) is 15.6 Å². The van der Waals surface area contributed by atoms with Gasteiger partial charge in [-0.2, -0.15) is 0 Å². The van der Waals surface area contributed by atoms with Crippen LogP contribution in [0.4, 0.5) is 0 Å². The number of hydrogen-bond donors (Lipinski definition) is 1. The number of rotatable bonds is 7. The summed E-state index contributed by atoms with van der Waals surface area (Å²) in [6.07, 6.45) is 5.77. The average molecular weight is 377 g/mol. The standard InChI is InChI=1S/C18H27N5O4/c1-26-8-7-23-11-14(20-21-23)16(24)19-12-9-22(10-12)17(25)18-5-3-13(18)15(27-2)4-6-18/h11-13,15H,3-10H2,1-2H3,(H,19,24)/t13-,15+,18-/m0/s1. The minimum atomic E-state index is -0.254. The van der Waals surface area contributed by atoms with Crippen molar-refractivity contribution in [1.29, 1.82) is 0 Å². The van der Waals surface area contributed by atoms with E-state index < -0.39 is 0 Å². The maximum Gasteiger partial charge on any atom is 0.273 e. The van der Waals surface area contributed by atoms with Crippen molar-refractivity contribution >= 4 is 11.8 Å². The molecule has 0 spiro atoms. The van der Waals surface area contributed by atoms with Crippen molar-refractivity contribution in [2.45, 2.75) is 44.4 Å². The molecule has 2 aliphatic carbocycles. The van der Waals surface area contributed by atoms with E-state index in [1.807, 2.05) is 4.90 Å². The molecule has 2 amide bonds. The third-order valence-electron chi connectivity index (χ3n) is 6.46. The first-order valence-corrected chi connectivity index (χ1v) is 9.59. The summed E-state index contributed by atoms with van der Waals surface area (Å²) in [5, 5.41) is 10.7. The molecule has 3 fully saturated rings. The van der Waals surface area contributed by atoms with Crippen molar-refractivity contribution in [3.05, 3.63) is 11.9 Å². The Morgan fingerprint density at radius 1 is 1.30 bits per heavy atom. The van der Waals surface area contributed by atoms with E-state index in [0.717, 1.165) is 25.7 Å². The molecule has 0 unspecified atom stereocenters. The van der Waals surface area contributed by atoms with Gasteiger partial charge in [0.15, 0.2) is 5.69 Å². The summed E-state index contributed by atoms with van der Waals surface area (Å²) in [5.74, 6) is 0.357. The van der Waals surface area contributed by atoms with E-state index in [-0.39, 0.29) is 35.1 Å². The minimum Gasteiger partial charge on any atom is -0.383 e. The predicted octanol–water partition coefficient (Wildman–Crippen LogP) is 0.0703. The van der Waals surface area contributed by atoms with Crippen molar-refractivity contribution in [2.75, 3.05) is 33.9 Å². The summed E-state index contributed by atoms with van der Waals surface area (Å²) >= 11 is 0. The zero-order chi connectivity index (χ0) is 19.0. The fourth-order valence-corrected chi connectivity index (χ4v) is 4.77. The molecule has 148 valence electrons. The molecule has 4 rings (SSSR count). The third-order valence-corrected chi connectivity index (χ3v) is 6.46. The quantitative estimate of drug-likeness (QED) is 0.722. The molecular formula is C18H27N5O4. The van der Waals surface area contributed by atoms with Gasteiger partial charge in [0, 0.05) is 27.3 Å². The molecule has 1 aromatic rings. The first-order chi connectivity index (χ1) is 13.1. The molecule has 1 N–H and O–H groups in total. The summed E-state index contributed by atoms with van der Waals surface area (Å²) in [5.41, 5.74) is 0.0759. The van der Waals surface area contributed by atoms with Crippen LogP contribution in [0.1, 0.15) is 36.2 Å². The van der Waals surface area contributed by atoms with Crippen LogP contribution in [0.2, 0.25) is 0 Å². The SMILES string of the molecule is COCCn1cc(C(=O)NC2CN(C(=O)[C@@]34CC[C@@H](OC)[C@@H]3CC4)C2)nn1. The van der Waals surface area contributed by atoms with Gasteiger partial charge >= 0.3 is 0 Å². The normalized spacial score (nSPS) is 29.8. The first-order valence-electron chi connectivity index (χ1n) is 9.59. The van der Waals surface area contributed by atoms with Gasteiger partial charge in [0.25, 0.3) is 5.91 Å². The van der Waals surface area contributed by atoms with Gasteiger partial charge in [0.2, 0.25) is 5.91 Å². The monoisotopic (exact) mass is 377 g/mol. The Bertz CT molecular complexity index is 716. The second-order valence-corrected chi connectivity index (χ2v) is 7.85. The highest BCUT2D eigenvalue weighted by Crippen LogP contribution is 2.59. The number of methoxy groups -OCH3 is 2. The van der Waals surface area contributed by atoms with E-state index in [0.29, 0.717) is 32.2 Å². The van der Waals surface area contributed by atoms with Crippen LogP contribution in [-0.2, 0) is 20.8 Å². The molecule has 27 heavy (non-hydrogen) atoms. The molecule has 1 aliphatic heterocycles. The Morgan fingerprint density at radius 3 is 2.74 bits per heavy atom. The lowest BCUT2D eigenvalue weighted by Gasteiger charge is -2.51. The van der Waals surface area contributed by atoms with Crippen LogP contribution in [0, 0.1) is 11.3 Å². The molecule has 3 atom stereocenters. The average Bonchev–Trinajstić information content (AvgIpc) is 3.18. The van der Waals surface area contributed by atoms with Crippen LogP contribution in [0.15, 0.2) is 6.20 Å². The van der Waals surface area contributed by atoms with Gasteiger partial charge in [0.05, 0.1) is 36.9 Å². The van der Waals surface area contributed by atoms with Crippen LogP contribution < -0.4 is 5.32 Å². The van der Waals surface area contributed by atoms with Gasteiger partial charge in [-0.3, -0.25) is 9.59 Å².